The zero-order valence-corrected chi connectivity index (χ0v) is 16.1. The van der Waals surface area contributed by atoms with Crippen LogP contribution in [0.2, 0.25) is 0 Å². The summed E-state index contributed by atoms with van der Waals surface area (Å²) in [5.74, 6) is -2.31. The lowest BCUT2D eigenvalue weighted by Gasteiger charge is -2.21. The fraction of sp³-hybridized carbons (Fsp3) is 0.318. The number of hydrogen-bond donors (Lipinski definition) is 1. The Bertz CT molecular complexity index is 811. The maximum Gasteiger partial charge on any atom is 0.333 e. The Kier molecular flexibility index (Phi) is 6.72. The molecule has 0 aliphatic carbocycles. The predicted octanol–water partition coefficient (Wildman–Crippen LogP) is 5.08. The molecule has 0 heterocycles. The van der Waals surface area contributed by atoms with Crippen molar-refractivity contribution in [2.24, 2.45) is 0 Å². The molecule has 1 N–H and O–H groups in total. The van der Waals surface area contributed by atoms with Gasteiger partial charge in [0.1, 0.15) is 5.60 Å². The van der Waals surface area contributed by atoms with Gasteiger partial charge in [0, 0.05) is 24.2 Å². The van der Waals surface area contributed by atoms with E-state index in [4.69, 9.17) is 4.74 Å². The van der Waals surface area contributed by atoms with E-state index in [1.807, 2.05) is 37.3 Å². The SMILES string of the molecule is C[C@@H](NC(=CC(=O)OC(C)(C)C)Cc1ccc(F)c(F)c1)c1ccccc1. The molecular weight excluding hydrogens is 348 g/mol. The molecule has 0 aromatic heterocycles. The molecule has 2 rings (SSSR count). The molecule has 2 aromatic rings. The highest BCUT2D eigenvalue weighted by atomic mass is 19.2. The minimum absolute atomic E-state index is 0.0785. The number of benzene rings is 2. The molecule has 0 aliphatic heterocycles. The smallest absolute Gasteiger partial charge is 0.333 e. The van der Waals surface area contributed by atoms with Gasteiger partial charge < -0.3 is 10.1 Å². The van der Waals surface area contributed by atoms with E-state index in [0.29, 0.717) is 11.3 Å². The van der Waals surface area contributed by atoms with Crippen LogP contribution in [0.25, 0.3) is 0 Å². The highest BCUT2D eigenvalue weighted by Crippen LogP contribution is 2.18. The summed E-state index contributed by atoms with van der Waals surface area (Å²) in [6, 6.07) is 13.4. The number of carbonyl (C=O) groups excluding carboxylic acids is 1. The molecule has 0 unspecified atom stereocenters. The molecule has 2 aromatic carbocycles. The second-order valence-corrected chi connectivity index (χ2v) is 7.40. The third kappa shape index (κ3) is 6.85. The van der Waals surface area contributed by atoms with Crippen molar-refractivity contribution in [3.05, 3.63) is 83.1 Å². The summed E-state index contributed by atoms with van der Waals surface area (Å²) in [6.45, 7) is 7.32. The fourth-order valence-electron chi connectivity index (χ4n) is 2.59. The summed E-state index contributed by atoms with van der Waals surface area (Å²) >= 11 is 0. The van der Waals surface area contributed by atoms with Crippen LogP contribution in [-0.2, 0) is 16.0 Å². The zero-order chi connectivity index (χ0) is 20.0. The minimum atomic E-state index is -0.916. The second kappa shape index (κ2) is 8.80. The molecule has 0 spiro atoms. The topological polar surface area (TPSA) is 38.3 Å². The minimum Gasteiger partial charge on any atom is -0.457 e. The molecule has 5 heteroatoms. The molecule has 0 saturated carbocycles. The Labute approximate surface area is 159 Å². The van der Waals surface area contributed by atoms with Crippen molar-refractivity contribution in [2.75, 3.05) is 0 Å². The maximum absolute atomic E-state index is 13.5. The standard InChI is InChI=1S/C22H25F2NO2/c1-15(17-8-6-5-7-9-17)25-18(14-21(26)27-22(2,3)4)12-16-10-11-19(23)20(24)13-16/h5-11,13-15,25H,12H2,1-4H3/t15-/m1/s1. The lowest BCUT2D eigenvalue weighted by Crippen LogP contribution is -2.25. The highest BCUT2D eigenvalue weighted by Gasteiger charge is 2.16. The van der Waals surface area contributed by atoms with E-state index in [0.717, 1.165) is 17.7 Å². The first-order valence-electron chi connectivity index (χ1n) is 8.83. The fourth-order valence-corrected chi connectivity index (χ4v) is 2.59. The van der Waals surface area contributed by atoms with E-state index in [1.165, 1.54) is 12.1 Å². The number of nitrogens with one attached hydrogen (secondary N) is 1. The summed E-state index contributed by atoms with van der Waals surface area (Å²) in [5, 5.41) is 3.28. The Morgan fingerprint density at radius 3 is 2.37 bits per heavy atom. The second-order valence-electron chi connectivity index (χ2n) is 7.40. The summed E-state index contributed by atoms with van der Waals surface area (Å²) in [4.78, 5) is 12.2. The van der Waals surface area contributed by atoms with Crippen molar-refractivity contribution in [3.63, 3.8) is 0 Å². The predicted molar refractivity (Wildman–Crippen MR) is 102 cm³/mol. The Morgan fingerprint density at radius 1 is 1.11 bits per heavy atom. The van der Waals surface area contributed by atoms with Gasteiger partial charge in [-0.15, -0.1) is 0 Å². The third-order valence-electron chi connectivity index (χ3n) is 3.78. The largest absolute Gasteiger partial charge is 0.457 e. The Morgan fingerprint density at radius 2 is 1.78 bits per heavy atom. The van der Waals surface area contributed by atoms with Crippen molar-refractivity contribution >= 4 is 5.97 Å². The number of hydrogen-bond acceptors (Lipinski definition) is 3. The molecule has 0 aliphatic rings. The molecule has 3 nitrogen and oxygen atoms in total. The summed E-state index contributed by atoms with van der Waals surface area (Å²) in [7, 11) is 0. The number of carbonyl (C=O) groups is 1. The van der Waals surface area contributed by atoms with Gasteiger partial charge >= 0.3 is 5.97 Å². The first-order valence-corrected chi connectivity index (χ1v) is 8.83. The number of halogens is 2. The first-order chi connectivity index (χ1) is 12.6. The van der Waals surface area contributed by atoms with Gasteiger partial charge in [-0.05, 0) is 51.0 Å². The van der Waals surface area contributed by atoms with Crippen LogP contribution in [-0.4, -0.2) is 11.6 Å². The van der Waals surface area contributed by atoms with E-state index in [9.17, 15) is 13.6 Å². The summed E-state index contributed by atoms with van der Waals surface area (Å²) < 4.78 is 32.1. The highest BCUT2D eigenvalue weighted by molar-refractivity contribution is 5.83. The number of rotatable bonds is 6. The van der Waals surface area contributed by atoms with Crippen LogP contribution in [0.4, 0.5) is 8.78 Å². The third-order valence-corrected chi connectivity index (χ3v) is 3.78. The van der Waals surface area contributed by atoms with Crippen LogP contribution in [0.1, 0.15) is 44.9 Å². The average Bonchev–Trinajstić information content (AvgIpc) is 2.57. The molecule has 0 fully saturated rings. The van der Waals surface area contributed by atoms with Crippen molar-refractivity contribution in [3.8, 4) is 0 Å². The van der Waals surface area contributed by atoms with Crippen LogP contribution < -0.4 is 5.32 Å². The quantitative estimate of drug-likeness (QED) is 0.567. The molecule has 27 heavy (non-hydrogen) atoms. The molecule has 0 saturated heterocycles. The average molecular weight is 373 g/mol. The lowest BCUT2D eigenvalue weighted by atomic mass is 10.1. The van der Waals surface area contributed by atoms with Gasteiger partial charge in [-0.2, -0.15) is 0 Å². The van der Waals surface area contributed by atoms with E-state index in [-0.39, 0.29) is 12.5 Å². The molecule has 0 bridgehead atoms. The summed E-state index contributed by atoms with van der Waals surface area (Å²) in [6.07, 6.45) is 1.61. The van der Waals surface area contributed by atoms with Crippen molar-refractivity contribution in [1.82, 2.24) is 5.32 Å². The van der Waals surface area contributed by atoms with E-state index in [2.05, 4.69) is 5.32 Å². The van der Waals surface area contributed by atoms with Crippen molar-refractivity contribution in [1.29, 1.82) is 0 Å². The monoisotopic (exact) mass is 373 g/mol. The Hall–Kier alpha value is -2.69. The molecule has 0 radical (unpaired) electrons. The molecule has 144 valence electrons. The number of allylic oxidation sites excluding steroid dienone is 1. The number of ether oxygens (including phenoxy) is 1. The number of esters is 1. The Balaban J connectivity index is 2.24. The van der Waals surface area contributed by atoms with Gasteiger partial charge in [-0.25, -0.2) is 13.6 Å². The van der Waals surface area contributed by atoms with Gasteiger partial charge in [-0.3, -0.25) is 0 Å². The van der Waals surface area contributed by atoms with Crippen molar-refractivity contribution < 1.29 is 18.3 Å². The van der Waals surface area contributed by atoms with Crippen LogP contribution in [0, 0.1) is 11.6 Å². The normalized spacial score (nSPS) is 13.2. The maximum atomic E-state index is 13.5. The van der Waals surface area contributed by atoms with Gasteiger partial charge in [0.25, 0.3) is 0 Å². The van der Waals surface area contributed by atoms with E-state index >= 15 is 0 Å². The van der Waals surface area contributed by atoms with Gasteiger partial charge in [-0.1, -0.05) is 36.4 Å². The van der Waals surface area contributed by atoms with Gasteiger partial charge in [0.2, 0.25) is 0 Å². The summed E-state index contributed by atoms with van der Waals surface area (Å²) in [5.41, 5.74) is 1.53. The zero-order valence-electron chi connectivity index (χ0n) is 16.1. The molecule has 1 atom stereocenters. The van der Waals surface area contributed by atoms with Crippen LogP contribution >= 0.6 is 0 Å². The van der Waals surface area contributed by atoms with E-state index < -0.39 is 23.2 Å². The van der Waals surface area contributed by atoms with Gasteiger partial charge in [0.05, 0.1) is 0 Å². The van der Waals surface area contributed by atoms with E-state index in [1.54, 1.807) is 20.8 Å². The molecular formula is C22H25F2NO2. The first kappa shape index (κ1) is 20.6. The lowest BCUT2D eigenvalue weighted by molar-refractivity contribution is -0.148. The van der Waals surface area contributed by atoms with Crippen molar-refractivity contribution in [2.45, 2.75) is 45.8 Å². The van der Waals surface area contributed by atoms with Crippen LogP contribution in [0.15, 0.2) is 60.3 Å². The molecule has 0 amide bonds. The van der Waals surface area contributed by atoms with Gasteiger partial charge in [0.15, 0.2) is 11.6 Å². The van der Waals surface area contributed by atoms with Crippen LogP contribution in [0.3, 0.4) is 0 Å². The van der Waals surface area contributed by atoms with Crippen LogP contribution in [0.5, 0.6) is 0 Å².